The molecule has 112 valence electrons. The Hall–Kier alpha value is -1.20. The van der Waals surface area contributed by atoms with Gasteiger partial charge in [-0.15, -0.1) is 11.3 Å². The number of rotatable bonds is 2. The van der Waals surface area contributed by atoms with Crippen molar-refractivity contribution >= 4 is 21.6 Å². The Bertz CT molecular complexity index is 727. The van der Waals surface area contributed by atoms with Gasteiger partial charge in [-0.05, 0) is 30.7 Å². The molecule has 1 atom stereocenters. The Kier molecular flexibility index (Phi) is 3.34. The van der Waals surface area contributed by atoms with Gasteiger partial charge in [-0.1, -0.05) is 6.92 Å². The fraction of sp³-hybridized carbons (Fsp3) is 0.625. The average molecular weight is 304 g/mol. The van der Waals surface area contributed by atoms with Gasteiger partial charge in [0.15, 0.2) is 5.82 Å². The molecule has 4 rings (SSSR count). The summed E-state index contributed by atoms with van der Waals surface area (Å²) in [5.41, 5.74) is 1.36. The Morgan fingerprint density at radius 2 is 2.19 bits per heavy atom. The molecule has 0 amide bonds. The molecular formula is C16H22N3OS+. The quantitative estimate of drug-likeness (QED) is 0.878. The fourth-order valence-electron chi connectivity index (χ4n) is 3.77. The first kappa shape index (κ1) is 13.5. The van der Waals surface area contributed by atoms with Gasteiger partial charge in [0.25, 0.3) is 5.56 Å². The summed E-state index contributed by atoms with van der Waals surface area (Å²) in [5, 5.41) is 0.877. The molecule has 0 unspecified atom stereocenters. The Balaban J connectivity index is 1.74. The molecule has 0 aromatic carbocycles. The Labute approximate surface area is 128 Å². The van der Waals surface area contributed by atoms with E-state index < -0.39 is 0 Å². The zero-order valence-corrected chi connectivity index (χ0v) is 13.3. The van der Waals surface area contributed by atoms with Crippen LogP contribution in [0, 0.1) is 5.92 Å². The number of aromatic amines is 1. The van der Waals surface area contributed by atoms with E-state index in [1.54, 1.807) is 16.2 Å². The van der Waals surface area contributed by atoms with E-state index in [4.69, 9.17) is 4.98 Å². The number of nitrogens with one attached hydrogen (secondary N) is 2. The molecule has 1 aliphatic heterocycles. The lowest BCUT2D eigenvalue weighted by Crippen LogP contribution is -3.08. The molecule has 0 radical (unpaired) electrons. The zero-order valence-electron chi connectivity index (χ0n) is 12.5. The molecule has 21 heavy (non-hydrogen) atoms. The maximum absolute atomic E-state index is 12.5. The van der Waals surface area contributed by atoms with Crippen LogP contribution in [0.4, 0.5) is 0 Å². The predicted octanol–water partition coefficient (Wildman–Crippen LogP) is 1.29. The van der Waals surface area contributed by atoms with E-state index >= 15 is 0 Å². The van der Waals surface area contributed by atoms with Crippen molar-refractivity contribution in [1.29, 1.82) is 0 Å². The summed E-state index contributed by atoms with van der Waals surface area (Å²) in [5.74, 6) is 1.61. The van der Waals surface area contributed by atoms with Crippen molar-refractivity contribution in [2.45, 2.75) is 45.6 Å². The molecule has 5 heteroatoms. The predicted molar refractivity (Wildman–Crippen MR) is 85.1 cm³/mol. The van der Waals surface area contributed by atoms with Crippen molar-refractivity contribution in [1.82, 2.24) is 9.97 Å². The summed E-state index contributed by atoms with van der Waals surface area (Å²) in [6, 6.07) is 0. The van der Waals surface area contributed by atoms with Crippen molar-refractivity contribution < 1.29 is 4.90 Å². The van der Waals surface area contributed by atoms with E-state index in [-0.39, 0.29) is 5.56 Å². The van der Waals surface area contributed by atoms with Gasteiger partial charge < -0.3 is 9.88 Å². The number of aryl methyl sites for hydroxylation is 1. The molecule has 0 spiro atoms. The van der Waals surface area contributed by atoms with E-state index in [2.05, 4.69) is 11.9 Å². The molecule has 4 nitrogen and oxygen atoms in total. The number of fused-ring (bicyclic) bond motifs is 3. The van der Waals surface area contributed by atoms with Gasteiger partial charge in [0.2, 0.25) is 0 Å². The number of hydrogen-bond donors (Lipinski definition) is 2. The van der Waals surface area contributed by atoms with Crippen LogP contribution in [0.3, 0.4) is 0 Å². The molecule has 0 saturated carbocycles. The van der Waals surface area contributed by atoms with Crippen LogP contribution in [-0.2, 0) is 19.4 Å². The summed E-state index contributed by atoms with van der Waals surface area (Å²) in [6.45, 7) is 5.58. The fourth-order valence-corrected chi connectivity index (χ4v) is 5.17. The maximum Gasteiger partial charge on any atom is 0.260 e. The van der Waals surface area contributed by atoms with E-state index in [9.17, 15) is 4.79 Å². The molecule has 3 heterocycles. The van der Waals surface area contributed by atoms with Crippen LogP contribution in [0.15, 0.2) is 4.79 Å². The molecule has 1 fully saturated rings. The lowest BCUT2D eigenvalue weighted by molar-refractivity contribution is -0.902. The maximum atomic E-state index is 12.5. The van der Waals surface area contributed by atoms with Crippen molar-refractivity contribution in [3.8, 4) is 0 Å². The lowest BCUT2D eigenvalue weighted by Gasteiger charge is -2.17. The van der Waals surface area contributed by atoms with Crippen LogP contribution in [0.5, 0.6) is 0 Å². The highest BCUT2D eigenvalue weighted by atomic mass is 32.1. The molecular weight excluding hydrogens is 282 g/mol. The minimum Gasteiger partial charge on any atom is -0.329 e. The summed E-state index contributed by atoms with van der Waals surface area (Å²) in [6.07, 6.45) is 5.94. The molecule has 2 N–H and O–H groups in total. The third kappa shape index (κ3) is 2.42. The van der Waals surface area contributed by atoms with Gasteiger partial charge in [-0.2, -0.15) is 0 Å². The molecule has 2 aliphatic rings. The number of H-pyrrole nitrogens is 1. The number of hydrogen-bond acceptors (Lipinski definition) is 3. The number of nitrogens with zero attached hydrogens (tertiary/aromatic N) is 1. The van der Waals surface area contributed by atoms with Crippen molar-refractivity contribution in [2.24, 2.45) is 5.92 Å². The lowest BCUT2D eigenvalue weighted by atomic mass is 9.89. The van der Waals surface area contributed by atoms with Gasteiger partial charge >= 0.3 is 0 Å². The molecule has 1 saturated heterocycles. The molecule has 1 aliphatic carbocycles. The monoisotopic (exact) mass is 304 g/mol. The highest BCUT2D eigenvalue weighted by Gasteiger charge is 2.24. The minimum absolute atomic E-state index is 0.0839. The minimum atomic E-state index is 0.0839. The van der Waals surface area contributed by atoms with E-state index in [1.165, 1.54) is 42.8 Å². The van der Waals surface area contributed by atoms with Crippen LogP contribution < -0.4 is 10.5 Å². The van der Waals surface area contributed by atoms with Crippen LogP contribution in [0.1, 0.15) is 42.5 Å². The topological polar surface area (TPSA) is 50.2 Å². The SMILES string of the molecule is C[C@H]1CCc2c(sc3nc(C[NH+]4CCCC4)[nH]c(=O)c23)C1. The first-order valence-electron chi connectivity index (χ1n) is 8.07. The van der Waals surface area contributed by atoms with Gasteiger partial charge in [0.05, 0.1) is 18.5 Å². The summed E-state index contributed by atoms with van der Waals surface area (Å²) in [7, 11) is 0. The Morgan fingerprint density at radius 1 is 1.38 bits per heavy atom. The normalized spacial score (nSPS) is 22.8. The van der Waals surface area contributed by atoms with Crippen molar-refractivity contribution in [2.75, 3.05) is 13.1 Å². The van der Waals surface area contributed by atoms with Gasteiger partial charge in [0, 0.05) is 17.7 Å². The second-order valence-electron chi connectivity index (χ2n) is 6.68. The highest BCUT2D eigenvalue weighted by Crippen LogP contribution is 2.35. The third-order valence-corrected chi connectivity index (χ3v) is 6.09. The first-order chi connectivity index (χ1) is 10.2. The Morgan fingerprint density at radius 3 is 3.00 bits per heavy atom. The van der Waals surface area contributed by atoms with E-state index in [0.717, 1.165) is 41.3 Å². The smallest absolute Gasteiger partial charge is 0.260 e. The van der Waals surface area contributed by atoms with Crippen molar-refractivity contribution in [3.05, 3.63) is 26.6 Å². The summed E-state index contributed by atoms with van der Waals surface area (Å²) < 4.78 is 0. The number of thiophene rings is 1. The summed E-state index contributed by atoms with van der Waals surface area (Å²) >= 11 is 1.75. The van der Waals surface area contributed by atoms with E-state index in [1.807, 2.05) is 0 Å². The van der Waals surface area contributed by atoms with Gasteiger partial charge in [-0.25, -0.2) is 4.98 Å². The second kappa shape index (κ2) is 5.21. The standard InChI is InChI=1S/C16H21N3OS/c1-10-4-5-11-12(8-10)21-16-14(11)15(20)17-13(18-16)9-19-6-2-3-7-19/h10H,2-9H2,1H3,(H,17,18,20)/p+1/t10-/m0/s1. The van der Waals surface area contributed by atoms with Crippen LogP contribution in [0.25, 0.3) is 10.2 Å². The molecule has 2 aromatic rings. The molecule has 0 bridgehead atoms. The number of quaternary nitrogens is 1. The largest absolute Gasteiger partial charge is 0.329 e. The first-order valence-corrected chi connectivity index (χ1v) is 8.89. The number of aromatic nitrogens is 2. The van der Waals surface area contributed by atoms with Crippen molar-refractivity contribution in [3.63, 3.8) is 0 Å². The van der Waals surface area contributed by atoms with E-state index in [0.29, 0.717) is 0 Å². The zero-order chi connectivity index (χ0) is 14.4. The van der Waals surface area contributed by atoms with Gasteiger partial charge in [0.1, 0.15) is 11.4 Å². The van der Waals surface area contributed by atoms with Crippen LogP contribution in [0.2, 0.25) is 0 Å². The second-order valence-corrected chi connectivity index (χ2v) is 7.76. The molecule has 2 aromatic heterocycles. The highest BCUT2D eigenvalue weighted by molar-refractivity contribution is 7.18. The van der Waals surface area contributed by atoms with Gasteiger partial charge in [-0.3, -0.25) is 4.79 Å². The average Bonchev–Trinajstić information content (AvgIpc) is 3.05. The number of likely N-dealkylation sites (tertiary alicyclic amines) is 1. The summed E-state index contributed by atoms with van der Waals surface area (Å²) in [4.78, 5) is 24.2. The third-order valence-electron chi connectivity index (χ3n) is 4.94. The van der Waals surface area contributed by atoms with Crippen LogP contribution in [-0.4, -0.2) is 23.1 Å². The van der Waals surface area contributed by atoms with Crippen LogP contribution >= 0.6 is 11.3 Å².